The van der Waals surface area contributed by atoms with Gasteiger partial charge in [0.15, 0.2) is 5.79 Å². The Morgan fingerprint density at radius 2 is 1.65 bits per heavy atom. The summed E-state index contributed by atoms with van der Waals surface area (Å²) in [6.07, 6.45) is 9.85. The van der Waals surface area contributed by atoms with Crippen molar-refractivity contribution in [2.75, 3.05) is 13.2 Å². The maximum Gasteiger partial charge on any atom is 0.174 e. The van der Waals surface area contributed by atoms with E-state index in [2.05, 4.69) is 54.5 Å². The van der Waals surface area contributed by atoms with E-state index in [9.17, 15) is 10.2 Å². The Morgan fingerprint density at radius 1 is 0.912 bits per heavy atom. The first-order valence-electron chi connectivity index (χ1n) is 14.1. The van der Waals surface area contributed by atoms with E-state index in [0.29, 0.717) is 24.4 Å². The number of allylic oxidation sites excluding steroid dienone is 1. The summed E-state index contributed by atoms with van der Waals surface area (Å²) < 4.78 is 13.4. The van der Waals surface area contributed by atoms with Gasteiger partial charge in [0.05, 0.1) is 24.9 Å². The van der Waals surface area contributed by atoms with Crippen LogP contribution in [-0.2, 0) is 9.47 Å². The van der Waals surface area contributed by atoms with E-state index in [1.54, 1.807) is 0 Å². The van der Waals surface area contributed by atoms with Gasteiger partial charge in [-0.2, -0.15) is 0 Å². The summed E-state index contributed by atoms with van der Waals surface area (Å²) in [6.45, 7) is 17.4. The zero-order chi connectivity index (χ0) is 24.5. The molecule has 2 aliphatic heterocycles. The minimum absolute atomic E-state index is 0.0209. The maximum absolute atomic E-state index is 12.1. The summed E-state index contributed by atoms with van der Waals surface area (Å²) in [4.78, 5) is 0. The van der Waals surface area contributed by atoms with Crippen LogP contribution in [0, 0.1) is 51.2 Å². The van der Waals surface area contributed by atoms with Crippen LogP contribution in [-0.4, -0.2) is 40.9 Å². The van der Waals surface area contributed by atoms with Crippen LogP contribution in [0.3, 0.4) is 0 Å². The molecule has 4 aliphatic carbocycles. The van der Waals surface area contributed by atoms with E-state index in [4.69, 9.17) is 9.47 Å². The van der Waals surface area contributed by atoms with Crippen molar-refractivity contribution in [2.24, 2.45) is 51.2 Å². The molecule has 0 aromatic rings. The molecule has 192 valence electrons. The molecule has 11 unspecified atom stereocenters. The molecule has 6 fully saturated rings. The molecule has 0 amide bonds. The second kappa shape index (κ2) is 6.91. The van der Waals surface area contributed by atoms with Gasteiger partial charge in [0.1, 0.15) is 0 Å². The van der Waals surface area contributed by atoms with E-state index in [0.717, 1.165) is 25.9 Å². The number of fused-ring (bicyclic) bond motifs is 4. The van der Waals surface area contributed by atoms with Crippen molar-refractivity contribution in [1.82, 2.24) is 0 Å². The molecule has 6 rings (SSSR count). The highest BCUT2D eigenvalue weighted by molar-refractivity contribution is 5.27. The van der Waals surface area contributed by atoms with E-state index >= 15 is 0 Å². The number of hydrogen-bond donors (Lipinski definition) is 2. The number of hydrogen-bond acceptors (Lipinski definition) is 4. The number of aliphatic hydroxyl groups excluding tert-OH is 1. The van der Waals surface area contributed by atoms with Gasteiger partial charge in [-0.1, -0.05) is 39.3 Å². The molecule has 11 atom stereocenters. The Hall–Kier alpha value is -0.420. The van der Waals surface area contributed by atoms with E-state index < -0.39 is 11.4 Å². The lowest BCUT2D eigenvalue weighted by Gasteiger charge is -2.70. The van der Waals surface area contributed by atoms with Crippen LogP contribution < -0.4 is 0 Å². The molecule has 0 radical (unpaired) electrons. The molecule has 2 spiro atoms. The highest BCUT2D eigenvalue weighted by atomic mass is 16.7. The summed E-state index contributed by atoms with van der Waals surface area (Å²) in [7, 11) is 0. The average molecular weight is 473 g/mol. The molecular weight excluding hydrogens is 424 g/mol. The molecule has 4 heteroatoms. The quantitative estimate of drug-likeness (QED) is 0.480. The molecule has 2 heterocycles. The molecule has 34 heavy (non-hydrogen) atoms. The van der Waals surface area contributed by atoms with Crippen molar-refractivity contribution in [1.29, 1.82) is 0 Å². The molecule has 2 saturated heterocycles. The van der Waals surface area contributed by atoms with E-state index in [1.807, 2.05) is 0 Å². The normalized spacial score (nSPS) is 59.4. The Labute approximate surface area is 206 Å². The minimum Gasteiger partial charge on any atom is -0.393 e. The van der Waals surface area contributed by atoms with Crippen molar-refractivity contribution >= 4 is 0 Å². The van der Waals surface area contributed by atoms with Gasteiger partial charge < -0.3 is 19.7 Å². The highest BCUT2D eigenvalue weighted by Crippen LogP contribution is 2.80. The zero-order valence-electron chi connectivity index (χ0n) is 22.6. The van der Waals surface area contributed by atoms with Crippen molar-refractivity contribution in [3.8, 4) is 0 Å². The first-order chi connectivity index (χ1) is 15.7. The van der Waals surface area contributed by atoms with Crippen molar-refractivity contribution in [2.45, 2.75) is 111 Å². The van der Waals surface area contributed by atoms with Gasteiger partial charge in [-0.3, -0.25) is 0 Å². The zero-order valence-corrected chi connectivity index (χ0v) is 22.6. The molecule has 4 saturated carbocycles. The third-order valence-corrected chi connectivity index (χ3v) is 13.1. The Bertz CT molecular complexity index is 903. The molecule has 4 nitrogen and oxygen atoms in total. The largest absolute Gasteiger partial charge is 0.393 e. The molecule has 2 N–H and O–H groups in total. The van der Waals surface area contributed by atoms with Crippen LogP contribution in [0.15, 0.2) is 11.6 Å². The molecule has 0 aromatic heterocycles. The fourth-order valence-electron chi connectivity index (χ4n) is 11.5. The predicted octanol–water partition coefficient (Wildman–Crippen LogP) is 5.71. The Kier molecular flexibility index (Phi) is 4.87. The number of ether oxygens (including phenoxy) is 2. The summed E-state index contributed by atoms with van der Waals surface area (Å²) in [5.74, 6) is 1.10. The molecular formula is C30H48O4. The first kappa shape index (κ1) is 23.9. The van der Waals surface area contributed by atoms with Crippen LogP contribution in [0.25, 0.3) is 0 Å². The van der Waals surface area contributed by atoms with E-state index in [-0.39, 0.29) is 39.6 Å². The first-order valence-corrected chi connectivity index (χ1v) is 14.1. The highest BCUT2D eigenvalue weighted by Gasteiger charge is 2.80. The average Bonchev–Trinajstić information content (AvgIpc) is 3.26. The van der Waals surface area contributed by atoms with Gasteiger partial charge >= 0.3 is 0 Å². The lowest BCUT2D eigenvalue weighted by molar-refractivity contribution is -0.338. The van der Waals surface area contributed by atoms with Gasteiger partial charge in [0.2, 0.25) is 0 Å². The number of rotatable bonds is 1. The Balaban J connectivity index is 1.41. The predicted molar refractivity (Wildman–Crippen MR) is 133 cm³/mol. The van der Waals surface area contributed by atoms with Gasteiger partial charge in [-0.05, 0) is 93.3 Å². The van der Waals surface area contributed by atoms with Crippen LogP contribution in [0.5, 0.6) is 0 Å². The van der Waals surface area contributed by atoms with Gasteiger partial charge in [0.25, 0.3) is 0 Å². The minimum atomic E-state index is -0.816. The fraction of sp³-hybridized carbons (Fsp3) is 0.933. The summed E-state index contributed by atoms with van der Waals surface area (Å²) in [6, 6.07) is 0. The van der Waals surface area contributed by atoms with Gasteiger partial charge in [-0.25, -0.2) is 0 Å². The van der Waals surface area contributed by atoms with E-state index in [1.165, 1.54) is 31.3 Å². The SMILES string of the molecule is CC(C)=CC1COC23CC4(CO2)C(CCC2C5(C)CCC(O)C(C)(C)C5CCC24C)C3C1(C)O. The van der Waals surface area contributed by atoms with Gasteiger partial charge in [-0.15, -0.1) is 0 Å². The number of aliphatic hydroxyl groups is 2. The van der Waals surface area contributed by atoms with Crippen molar-refractivity contribution < 1.29 is 19.7 Å². The maximum atomic E-state index is 12.1. The topological polar surface area (TPSA) is 58.9 Å². The summed E-state index contributed by atoms with van der Waals surface area (Å²) in [5, 5.41) is 23.0. The second-order valence-corrected chi connectivity index (χ2v) is 14.9. The van der Waals surface area contributed by atoms with Gasteiger partial charge in [0, 0.05) is 23.7 Å². The second-order valence-electron chi connectivity index (χ2n) is 14.9. The van der Waals surface area contributed by atoms with Crippen molar-refractivity contribution in [3.05, 3.63) is 11.6 Å². The Morgan fingerprint density at radius 3 is 2.35 bits per heavy atom. The van der Waals surface area contributed by atoms with Crippen LogP contribution in [0.1, 0.15) is 93.4 Å². The van der Waals surface area contributed by atoms with Crippen LogP contribution in [0.2, 0.25) is 0 Å². The molecule has 2 bridgehead atoms. The monoisotopic (exact) mass is 472 g/mol. The molecule has 6 aliphatic rings. The van der Waals surface area contributed by atoms with Crippen molar-refractivity contribution in [3.63, 3.8) is 0 Å². The standard InChI is InChI=1S/C30H48O4/c1-18(2)14-19-15-33-30-16-29(17-34-30)20(24(30)28(19,7)32)8-9-22-26(5)12-11-23(31)25(3,4)21(26)10-13-27(22,29)6/h14,19-24,31-32H,8-13,15-17H2,1-7H3. The van der Waals surface area contributed by atoms with Crippen LogP contribution in [0.4, 0.5) is 0 Å². The summed E-state index contributed by atoms with van der Waals surface area (Å²) in [5.41, 5.74) is 0.929. The summed E-state index contributed by atoms with van der Waals surface area (Å²) >= 11 is 0. The lowest BCUT2D eigenvalue weighted by Crippen LogP contribution is -2.67. The molecule has 0 aromatic carbocycles. The fourth-order valence-corrected chi connectivity index (χ4v) is 11.5. The lowest BCUT2D eigenvalue weighted by atomic mass is 9.35. The third kappa shape index (κ3) is 2.60. The van der Waals surface area contributed by atoms with Crippen LogP contribution >= 0.6 is 0 Å². The smallest absolute Gasteiger partial charge is 0.174 e. The third-order valence-electron chi connectivity index (χ3n) is 13.1.